The molecule has 1 heterocycles. The van der Waals surface area contributed by atoms with Gasteiger partial charge in [-0.15, -0.1) is 0 Å². The second-order valence-corrected chi connectivity index (χ2v) is 11.1. The van der Waals surface area contributed by atoms with Crippen LogP contribution in [0.25, 0.3) is 0 Å². The molecule has 0 bridgehead atoms. The van der Waals surface area contributed by atoms with Crippen LogP contribution in [0.5, 0.6) is 11.5 Å². The molecule has 1 aromatic heterocycles. The first kappa shape index (κ1) is 25.4. The molecule has 0 N–H and O–H groups in total. The van der Waals surface area contributed by atoms with Gasteiger partial charge in [-0.2, -0.15) is 12.7 Å². The molecular formula is C25H22FNO7S2. The quantitative estimate of drug-likeness (QED) is 0.276. The van der Waals surface area contributed by atoms with E-state index in [0.29, 0.717) is 11.3 Å². The Bertz CT molecular complexity index is 1520. The molecule has 0 saturated heterocycles. The van der Waals surface area contributed by atoms with E-state index in [-0.39, 0.29) is 34.4 Å². The van der Waals surface area contributed by atoms with Crippen LogP contribution in [0.15, 0.2) is 105 Å². The first-order valence-electron chi connectivity index (χ1n) is 10.6. The van der Waals surface area contributed by atoms with Gasteiger partial charge >= 0.3 is 10.1 Å². The van der Waals surface area contributed by atoms with E-state index in [1.807, 2.05) is 0 Å². The Balaban J connectivity index is 1.67. The van der Waals surface area contributed by atoms with Crippen LogP contribution < -0.4 is 8.92 Å². The monoisotopic (exact) mass is 531 g/mol. The Labute approximate surface area is 208 Å². The summed E-state index contributed by atoms with van der Waals surface area (Å²) in [6, 6.07) is 19.9. The zero-order chi connectivity index (χ0) is 25.8. The molecule has 0 fully saturated rings. The second kappa shape index (κ2) is 10.5. The van der Waals surface area contributed by atoms with Crippen LogP contribution in [-0.2, 0) is 33.2 Å². The van der Waals surface area contributed by atoms with Gasteiger partial charge in [-0.1, -0.05) is 24.3 Å². The minimum Gasteiger partial charge on any atom is -0.493 e. The molecule has 0 atom stereocenters. The summed E-state index contributed by atoms with van der Waals surface area (Å²) in [6.45, 7) is -0.171. The molecule has 0 radical (unpaired) electrons. The summed E-state index contributed by atoms with van der Waals surface area (Å²) in [4.78, 5) is -0.150. The number of nitrogens with zero attached hydrogens (tertiary/aromatic N) is 1. The molecule has 0 unspecified atom stereocenters. The highest BCUT2D eigenvalue weighted by atomic mass is 32.2. The Morgan fingerprint density at radius 2 is 1.53 bits per heavy atom. The van der Waals surface area contributed by atoms with Crippen LogP contribution >= 0.6 is 0 Å². The van der Waals surface area contributed by atoms with E-state index < -0.39 is 26.0 Å². The molecule has 0 spiro atoms. The summed E-state index contributed by atoms with van der Waals surface area (Å²) < 4.78 is 82.7. The number of rotatable bonds is 10. The highest BCUT2D eigenvalue weighted by Crippen LogP contribution is 2.32. The molecule has 4 rings (SSSR count). The highest BCUT2D eigenvalue weighted by molar-refractivity contribution is 7.89. The molecule has 0 aliphatic carbocycles. The number of benzene rings is 3. The third-order valence-electron chi connectivity index (χ3n) is 5.18. The van der Waals surface area contributed by atoms with E-state index in [2.05, 4.69) is 0 Å². The number of hydrogen-bond acceptors (Lipinski definition) is 7. The zero-order valence-corrected chi connectivity index (χ0v) is 20.7. The van der Waals surface area contributed by atoms with Gasteiger partial charge in [-0.05, 0) is 66.2 Å². The summed E-state index contributed by atoms with van der Waals surface area (Å²) in [6.07, 6.45) is 1.45. The first-order chi connectivity index (χ1) is 17.2. The van der Waals surface area contributed by atoms with Crippen molar-refractivity contribution in [2.24, 2.45) is 0 Å². The lowest BCUT2D eigenvalue weighted by atomic mass is 10.2. The van der Waals surface area contributed by atoms with Crippen LogP contribution in [0.4, 0.5) is 4.39 Å². The average molecular weight is 532 g/mol. The number of furan rings is 1. The SMILES string of the molecule is COc1ccc(CN(Cc2ccco2)S(=O)(=O)c2ccccc2)cc1OS(=O)(=O)c1ccc(F)cc1. The molecule has 11 heteroatoms. The van der Waals surface area contributed by atoms with Crippen molar-refractivity contribution in [3.05, 3.63) is 108 Å². The molecule has 0 saturated carbocycles. The maximum atomic E-state index is 13.4. The Kier molecular flexibility index (Phi) is 7.43. The Morgan fingerprint density at radius 1 is 0.806 bits per heavy atom. The topological polar surface area (TPSA) is 103 Å². The standard InChI is InChI=1S/C25H22FNO7S2/c1-32-24-14-9-19(16-25(24)34-36(30,31)23-12-10-20(26)11-13-23)17-27(18-21-6-5-15-33-21)35(28,29)22-7-3-2-4-8-22/h2-16H,17-18H2,1H3. The van der Waals surface area contributed by atoms with Gasteiger partial charge < -0.3 is 13.3 Å². The molecule has 188 valence electrons. The number of ether oxygens (including phenoxy) is 1. The minimum absolute atomic E-state index is 0.0552. The third-order valence-corrected chi connectivity index (χ3v) is 8.24. The fourth-order valence-corrected chi connectivity index (χ4v) is 5.75. The molecule has 0 amide bonds. The van der Waals surface area contributed by atoms with Gasteiger partial charge in [0.1, 0.15) is 16.5 Å². The largest absolute Gasteiger partial charge is 0.493 e. The zero-order valence-electron chi connectivity index (χ0n) is 19.1. The minimum atomic E-state index is -4.31. The summed E-state index contributed by atoms with van der Waals surface area (Å²) >= 11 is 0. The number of sulfonamides is 1. The van der Waals surface area contributed by atoms with Crippen LogP contribution in [0.3, 0.4) is 0 Å². The van der Waals surface area contributed by atoms with Gasteiger partial charge in [0, 0.05) is 6.54 Å². The van der Waals surface area contributed by atoms with E-state index in [4.69, 9.17) is 13.3 Å². The Morgan fingerprint density at radius 3 is 2.17 bits per heavy atom. The molecule has 0 aliphatic heterocycles. The van der Waals surface area contributed by atoms with Crippen LogP contribution in [0, 0.1) is 5.82 Å². The van der Waals surface area contributed by atoms with Gasteiger partial charge in [0.05, 0.1) is 24.8 Å². The average Bonchev–Trinajstić information content (AvgIpc) is 3.38. The predicted molar refractivity (Wildman–Crippen MR) is 129 cm³/mol. The lowest BCUT2D eigenvalue weighted by Crippen LogP contribution is -2.30. The molecule has 0 aliphatic rings. The van der Waals surface area contributed by atoms with Crippen molar-refractivity contribution in [2.45, 2.75) is 22.9 Å². The lowest BCUT2D eigenvalue weighted by molar-refractivity contribution is 0.357. The summed E-state index contributed by atoms with van der Waals surface area (Å²) in [7, 11) is -6.91. The molecular weight excluding hydrogens is 509 g/mol. The summed E-state index contributed by atoms with van der Waals surface area (Å²) in [5.41, 5.74) is 0.436. The number of methoxy groups -OCH3 is 1. The molecule has 3 aromatic carbocycles. The van der Waals surface area contributed by atoms with Crippen LogP contribution in [0.2, 0.25) is 0 Å². The van der Waals surface area contributed by atoms with Crippen molar-refractivity contribution in [1.29, 1.82) is 0 Å². The van der Waals surface area contributed by atoms with Gasteiger partial charge in [-0.3, -0.25) is 0 Å². The van der Waals surface area contributed by atoms with Gasteiger partial charge in [-0.25, -0.2) is 12.8 Å². The van der Waals surface area contributed by atoms with E-state index in [1.54, 1.807) is 36.4 Å². The summed E-state index contributed by atoms with van der Waals surface area (Å²) in [5, 5.41) is 0. The normalized spacial score (nSPS) is 12.0. The predicted octanol–water partition coefficient (Wildman–Crippen LogP) is 4.59. The van der Waals surface area contributed by atoms with Crippen molar-refractivity contribution in [3.63, 3.8) is 0 Å². The highest BCUT2D eigenvalue weighted by Gasteiger charge is 2.27. The fraction of sp³-hybridized carbons (Fsp3) is 0.120. The van der Waals surface area contributed by atoms with Crippen molar-refractivity contribution < 1.29 is 34.6 Å². The van der Waals surface area contributed by atoms with Crippen molar-refractivity contribution in [2.75, 3.05) is 7.11 Å². The van der Waals surface area contributed by atoms with E-state index in [1.165, 1.54) is 41.9 Å². The smallest absolute Gasteiger partial charge is 0.339 e. The van der Waals surface area contributed by atoms with Crippen molar-refractivity contribution in [3.8, 4) is 11.5 Å². The van der Waals surface area contributed by atoms with E-state index in [9.17, 15) is 21.2 Å². The lowest BCUT2D eigenvalue weighted by Gasteiger charge is -2.22. The molecule has 4 aromatic rings. The van der Waals surface area contributed by atoms with E-state index >= 15 is 0 Å². The second-order valence-electron chi connectivity index (χ2n) is 7.64. The molecule has 36 heavy (non-hydrogen) atoms. The summed E-state index contributed by atoms with van der Waals surface area (Å²) in [5.74, 6) is -0.189. The van der Waals surface area contributed by atoms with Crippen molar-refractivity contribution in [1.82, 2.24) is 4.31 Å². The molecule has 8 nitrogen and oxygen atoms in total. The number of hydrogen-bond donors (Lipinski definition) is 0. The fourth-order valence-electron chi connectivity index (χ4n) is 3.40. The Hall–Kier alpha value is -3.67. The van der Waals surface area contributed by atoms with Crippen LogP contribution in [-0.4, -0.2) is 28.3 Å². The van der Waals surface area contributed by atoms with Gasteiger partial charge in [0.2, 0.25) is 10.0 Å². The number of halogens is 1. The van der Waals surface area contributed by atoms with E-state index in [0.717, 1.165) is 24.3 Å². The van der Waals surface area contributed by atoms with Crippen molar-refractivity contribution >= 4 is 20.1 Å². The third kappa shape index (κ3) is 5.76. The maximum absolute atomic E-state index is 13.4. The van der Waals surface area contributed by atoms with Gasteiger partial charge in [0.15, 0.2) is 11.5 Å². The van der Waals surface area contributed by atoms with Crippen LogP contribution in [0.1, 0.15) is 11.3 Å². The maximum Gasteiger partial charge on any atom is 0.339 e. The first-order valence-corrected chi connectivity index (χ1v) is 13.5. The van der Waals surface area contributed by atoms with Gasteiger partial charge in [0.25, 0.3) is 0 Å².